The van der Waals surface area contributed by atoms with Crippen LogP contribution in [0.5, 0.6) is 11.5 Å². The second kappa shape index (κ2) is 8.36. The molecule has 31 heavy (non-hydrogen) atoms. The first-order valence-corrected chi connectivity index (χ1v) is 11.2. The molecule has 0 unspecified atom stereocenters. The van der Waals surface area contributed by atoms with Crippen molar-refractivity contribution < 1.29 is 14.3 Å². The Hall–Kier alpha value is -2.83. The van der Waals surface area contributed by atoms with Gasteiger partial charge in [0, 0.05) is 31.6 Å². The number of amides is 1. The van der Waals surface area contributed by atoms with Crippen molar-refractivity contribution in [3.05, 3.63) is 42.2 Å². The number of hydrogen-bond donors (Lipinski definition) is 0. The van der Waals surface area contributed by atoms with Gasteiger partial charge in [0.05, 0.1) is 26.6 Å². The highest BCUT2D eigenvalue weighted by Crippen LogP contribution is 2.43. The lowest BCUT2D eigenvalue weighted by atomic mass is 9.71. The summed E-state index contributed by atoms with van der Waals surface area (Å²) < 4.78 is 10.6. The Morgan fingerprint density at radius 3 is 2.61 bits per heavy atom. The van der Waals surface area contributed by atoms with Crippen LogP contribution >= 0.6 is 0 Å². The van der Waals surface area contributed by atoms with Gasteiger partial charge in [-0.25, -0.2) is 9.97 Å². The molecule has 3 aliphatic rings. The third-order valence-electron chi connectivity index (χ3n) is 7.21. The van der Waals surface area contributed by atoms with Crippen molar-refractivity contribution >= 4 is 11.9 Å². The van der Waals surface area contributed by atoms with Crippen molar-refractivity contribution in [3.63, 3.8) is 0 Å². The van der Waals surface area contributed by atoms with Crippen molar-refractivity contribution in [1.82, 2.24) is 14.9 Å². The molecule has 3 aliphatic heterocycles. The Kier molecular flexibility index (Phi) is 5.42. The number of anilines is 1. The lowest BCUT2D eigenvalue weighted by molar-refractivity contribution is -0.148. The number of carbonyl (C=O) groups excluding carboxylic acids is 1. The molecule has 0 N–H and O–H groups in total. The summed E-state index contributed by atoms with van der Waals surface area (Å²) in [7, 11) is 3.32. The third kappa shape index (κ3) is 3.82. The summed E-state index contributed by atoms with van der Waals surface area (Å²) in [5.74, 6) is 3.48. The van der Waals surface area contributed by atoms with Gasteiger partial charge >= 0.3 is 0 Å². The van der Waals surface area contributed by atoms with Gasteiger partial charge < -0.3 is 19.3 Å². The van der Waals surface area contributed by atoms with Gasteiger partial charge in [0.2, 0.25) is 11.9 Å². The van der Waals surface area contributed by atoms with Crippen LogP contribution in [0.15, 0.2) is 36.7 Å². The predicted octanol–water partition coefficient (Wildman–Crippen LogP) is 2.94. The van der Waals surface area contributed by atoms with E-state index in [-0.39, 0.29) is 6.04 Å². The SMILES string of the molecule is COc1cnc(N2C[C@H]3C[C@@H](C2)[C@H](Cc2cccc(OC)c2)N2C(=O)CCC[C@@H]32)nc1. The monoisotopic (exact) mass is 422 g/mol. The van der Waals surface area contributed by atoms with E-state index in [9.17, 15) is 4.79 Å². The molecule has 3 saturated heterocycles. The number of ether oxygens (including phenoxy) is 2. The number of rotatable bonds is 5. The lowest BCUT2D eigenvalue weighted by Crippen LogP contribution is -2.65. The Bertz CT molecular complexity index is 935. The zero-order valence-electron chi connectivity index (χ0n) is 18.2. The summed E-state index contributed by atoms with van der Waals surface area (Å²) in [6, 6.07) is 8.76. The van der Waals surface area contributed by atoms with Gasteiger partial charge in [-0.3, -0.25) is 4.79 Å². The molecule has 7 heteroatoms. The summed E-state index contributed by atoms with van der Waals surface area (Å²) in [5.41, 5.74) is 1.22. The van der Waals surface area contributed by atoms with E-state index in [0.717, 1.165) is 50.5 Å². The predicted molar refractivity (Wildman–Crippen MR) is 117 cm³/mol. The topological polar surface area (TPSA) is 67.8 Å². The summed E-state index contributed by atoms with van der Waals surface area (Å²) in [6.07, 6.45) is 8.24. The quantitative estimate of drug-likeness (QED) is 0.738. The minimum atomic E-state index is 0.196. The van der Waals surface area contributed by atoms with Gasteiger partial charge in [0.1, 0.15) is 5.75 Å². The molecule has 7 nitrogen and oxygen atoms in total. The van der Waals surface area contributed by atoms with Crippen LogP contribution in [0.3, 0.4) is 0 Å². The molecule has 4 atom stereocenters. The lowest BCUT2D eigenvalue weighted by Gasteiger charge is -2.56. The smallest absolute Gasteiger partial charge is 0.225 e. The molecule has 0 spiro atoms. The molecule has 164 valence electrons. The molecular weight excluding hydrogens is 392 g/mol. The normalized spacial score (nSPS) is 27.6. The number of hydrogen-bond acceptors (Lipinski definition) is 6. The number of nitrogens with zero attached hydrogens (tertiary/aromatic N) is 4. The molecule has 4 heterocycles. The fourth-order valence-electron chi connectivity index (χ4n) is 5.82. The van der Waals surface area contributed by atoms with Gasteiger partial charge in [0.25, 0.3) is 0 Å². The summed E-state index contributed by atoms with van der Waals surface area (Å²) in [5, 5.41) is 0. The number of benzene rings is 1. The first-order chi connectivity index (χ1) is 15.2. The van der Waals surface area contributed by atoms with Crippen LogP contribution in [-0.4, -0.2) is 60.2 Å². The Morgan fingerprint density at radius 2 is 1.84 bits per heavy atom. The molecule has 1 amide bonds. The highest BCUT2D eigenvalue weighted by Gasteiger charge is 2.49. The Labute approximate surface area is 183 Å². The van der Waals surface area contributed by atoms with Crippen molar-refractivity contribution in [2.45, 2.75) is 44.2 Å². The van der Waals surface area contributed by atoms with Crippen LogP contribution in [0.4, 0.5) is 5.95 Å². The van der Waals surface area contributed by atoms with Crippen LogP contribution in [0.1, 0.15) is 31.2 Å². The van der Waals surface area contributed by atoms with E-state index < -0.39 is 0 Å². The number of methoxy groups -OCH3 is 2. The summed E-state index contributed by atoms with van der Waals surface area (Å²) in [6.45, 7) is 1.77. The largest absolute Gasteiger partial charge is 0.497 e. The maximum Gasteiger partial charge on any atom is 0.225 e. The molecular formula is C24H30N4O3. The molecule has 5 rings (SSSR count). The van der Waals surface area contributed by atoms with Crippen molar-refractivity contribution in [2.24, 2.45) is 11.8 Å². The van der Waals surface area contributed by atoms with Crippen molar-refractivity contribution in [3.8, 4) is 11.5 Å². The van der Waals surface area contributed by atoms with E-state index in [4.69, 9.17) is 9.47 Å². The van der Waals surface area contributed by atoms with Crippen LogP contribution in [0.2, 0.25) is 0 Å². The molecule has 0 saturated carbocycles. The first-order valence-electron chi connectivity index (χ1n) is 11.2. The summed E-state index contributed by atoms with van der Waals surface area (Å²) >= 11 is 0. The van der Waals surface area contributed by atoms with E-state index in [1.807, 2.05) is 12.1 Å². The van der Waals surface area contributed by atoms with E-state index >= 15 is 0 Å². The van der Waals surface area contributed by atoms with Gasteiger partial charge in [-0.1, -0.05) is 12.1 Å². The average Bonchev–Trinajstić information content (AvgIpc) is 2.82. The molecule has 1 aromatic carbocycles. The Morgan fingerprint density at radius 1 is 1.06 bits per heavy atom. The molecule has 2 bridgehead atoms. The van der Waals surface area contributed by atoms with Crippen LogP contribution < -0.4 is 14.4 Å². The van der Waals surface area contributed by atoms with Crippen LogP contribution in [0, 0.1) is 11.8 Å². The van der Waals surface area contributed by atoms with E-state index in [1.165, 1.54) is 5.56 Å². The minimum Gasteiger partial charge on any atom is -0.497 e. The van der Waals surface area contributed by atoms with E-state index in [2.05, 4.69) is 31.9 Å². The van der Waals surface area contributed by atoms with Crippen LogP contribution in [-0.2, 0) is 11.2 Å². The molecule has 2 aromatic rings. The Balaban J connectivity index is 1.44. The highest BCUT2D eigenvalue weighted by atomic mass is 16.5. The maximum absolute atomic E-state index is 13.1. The second-order valence-electron chi connectivity index (χ2n) is 8.97. The minimum absolute atomic E-state index is 0.196. The standard InChI is InChI=1S/C24H30N4O3/c1-30-19-6-3-5-16(9-19)10-22-18-11-17(21-7-4-8-23(29)28(21)22)14-27(15-18)24-25-12-20(31-2)13-26-24/h3,5-6,9,12-13,17-18,21-22H,4,7-8,10-11,14-15H2,1-2H3/t17-,18+,21+,22+/m1/s1. The number of fused-ring (bicyclic) bond motifs is 4. The van der Waals surface area contributed by atoms with Crippen molar-refractivity contribution in [1.29, 1.82) is 0 Å². The highest BCUT2D eigenvalue weighted by molar-refractivity contribution is 5.78. The van der Waals surface area contributed by atoms with Gasteiger partial charge in [0.15, 0.2) is 5.75 Å². The fraction of sp³-hybridized carbons (Fsp3) is 0.542. The molecule has 3 fully saturated rings. The van der Waals surface area contributed by atoms with Crippen molar-refractivity contribution in [2.75, 3.05) is 32.2 Å². The maximum atomic E-state index is 13.1. The fourth-order valence-corrected chi connectivity index (χ4v) is 5.82. The van der Waals surface area contributed by atoms with Gasteiger partial charge in [-0.05, 0) is 55.2 Å². The zero-order valence-corrected chi connectivity index (χ0v) is 18.2. The van der Waals surface area contributed by atoms with Gasteiger partial charge in [-0.2, -0.15) is 0 Å². The number of piperidine rings is 3. The van der Waals surface area contributed by atoms with Crippen LogP contribution in [0.25, 0.3) is 0 Å². The van der Waals surface area contributed by atoms with Gasteiger partial charge in [-0.15, -0.1) is 0 Å². The number of aromatic nitrogens is 2. The average molecular weight is 423 g/mol. The zero-order chi connectivity index (χ0) is 21.4. The van der Waals surface area contributed by atoms with E-state index in [0.29, 0.717) is 36.0 Å². The molecule has 0 radical (unpaired) electrons. The molecule has 1 aromatic heterocycles. The third-order valence-corrected chi connectivity index (χ3v) is 7.21. The van der Waals surface area contributed by atoms with E-state index in [1.54, 1.807) is 26.6 Å². The first kappa shape index (κ1) is 20.1. The molecule has 0 aliphatic carbocycles. The number of carbonyl (C=O) groups is 1. The summed E-state index contributed by atoms with van der Waals surface area (Å²) in [4.78, 5) is 26.7. The second-order valence-corrected chi connectivity index (χ2v) is 8.97.